The lowest BCUT2D eigenvalue weighted by Crippen LogP contribution is -2.53. The summed E-state index contributed by atoms with van der Waals surface area (Å²) >= 11 is 0. The summed E-state index contributed by atoms with van der Waals surface area (Å²) < 4.78 is 5.37. The molecule has 1 fully saturated rings. The van der Waals surface area contributed by atoms with Crippen molar-refractivity contribution in [3.05, 3.63) is 11.6 Å². The number of carbonyl (C=O) groups is 1. The van der Waals surface area contributed by atoms with Crippen LogP contribution in [0, 0.1) is 11.3 Å². The zero-order valence-corrected chi connectivity index (χ0v) is 10.1. The minimum Gasteiger partial charge on any atom is -0.457 e. The van der Waals surface area contributed by atoms with Gasteiger partial charge < -0.3 is 9.84 Å². The van der Waals surface area contributed by atoms with Crippen LogP contribution in [0.3, 0.4) is 0 Å². The smallest absolute Gasteiger partial charge is 0.314 e. The highest BCUT2D eigenvalue weighted by molar-refractivity contribution is 5.78. The Balaban J connectivity index is 2.97. The van der Waals surface area contributed by atoms with E-state index in [9.17, 15) is 9.90 Å². The van der Waals surface area contributed by atoms with E-state index in [1.165, 1.54) is 0 Å². The minimum absolute atomic E-state index is 0.0612. The van der Waals surface area contributed by atoms with Crippen molar-refractivity contribution in [3.8, 4) is 0 Å². The van der Waals surface area contributed by atoms with Crippen molar-refractivity contribution in [2.45, 2.75) is 46.8 Å². The summed E-state index contributed by atoms with van der Waals surface area (Å²) in [6.45, 7) is 9.17. The lowest BCUT2D eigenvalue weighted by molar-refractivity contribution is -0.187. The highest BCUT2D eigenvalue weighted by Gasteiger charge is 2.48. The normalized spacial score (nSPS) is 36.3. The van der Waals surface area contributed by atoms with Gasteiger partial charge in [0.15, 0.2) is 0 Å². The molecular weight excluding hydrogens is 192 g/mol. The van der Waals surface area contributed by atoms with Gasteiger partial charge in [-0.3, -0.25) is 4.79 Å². The van der Waals surface area contributed by atoms with E-state index >= 15 is 0 Å². The van der Waals surface area contributed by atoms with Crippen molar-refractivity contribution in [3.63, 3.8) is 0 Å². The zero-order valence-electron chi connectivity index (χ0n) is 10.1. The maximum absolute atomic E-state index is 11.7. The van der Waals surface area contributed by atoms with E-state index in [0.29, 0.717) is 0 Å². The average molecular weight is 212 g/mol. The van der Waals surface area contributed by atoms with Gasteiger partial charge in [0, 0.05) is 5.92 Å². The SMILES string of the molecule is CC=C(C)C1OC(=O)C(C)(C)C(O)C1C. The van der Waals surface area contributed by atoms with Crippen molar-refractivity contribution in [2.24, 2.45) is 11.3 Å². The highest BCUT2D eigenvalue weighted by Crippen LogP contribution is 2.37. The van der Waals surface area contributed by atoms with Gasteiger partial charge in [-0.1, -0.05) is 13.0 Å². The lowest BCUT2D eigenvalue weighted by Gasteiger charge is -2.42. The van der Waals surface area contributed by atoms with Gasteiger partial charge in [-0.15, -0.1) is 0 Å². The van der Waals surface area contributed by atoms with Crippen LogP contribution in [-0.2, 0) is 9.53 Å². The third-order valence-corrected chi connectivity index (χ3v) is 3.38. The molecule has 0 aromatic heterocycles. The molecule has 1 N–H and O–H groups in total. The summed E-state index contributed by atoms with van der Waals surface area (Å²) in [6.07, 6.45) is 0.976. The topological polar surface area (TPSA) is 46.5 Å². The number of hydrogen-bond acceptors (Lipinski definition) is 3. The molecule has 0 aromatic rings. The molecule has 15 heavy (non-hydrogen) atoms. The molecule has 3 unspecified atom stereocenters. The van der Waals surface area contributed by atoms with Crippen molar-refractivity contribution in [2.75, 3.05) is 0 Å². The Morgan fingerprint density at radius 2 is 2.07 bits per heavy atom. The number of aliphatic hydroxyl groups excluding tert-OH is 1. The van der Waals surface area contributed by atoms with Crippen LogP contribution >= 0.6 is 0 Å². The molecule has 0 aliphatic carbocycles. The molecule has 1 rings (SSSR count). The average Bonchev–Trinajstić information content (AvgIpc) is 2.20. The Bertz CT molecular complexity index is 291. The van der Waals surface area contributed by atoms with E-state index in [-0.39, 0.29) is 18.0 Å². The second-order valence-electron chi connectivity index (χ2n) is 4.88. The van der Waals surface area contributed by atoms with Gasteiger partial charge in [0.25, 0.3) is 0 Å². The fourth-order valence-electron chi connectivity index (χ4n) is 1.99. The summed E-state index contributed by atoms with van der Waals surface area (Å²) in [6, 6.07) is 0. The Kier molecular flexibility index (Phi) is 3.24. The Hall–Kier alpha value is -0.830. The summed E-state index contributed by atoms with van der Waals surface area (Å²) in [5.41, 5.74) is 0.189. The molecule has 1 saturated heterocycles. The number of aliphatic hydroxyl groups is 1. The van der Waals surface area contributed by atoms with Gasteiger partial charge >= 0.3 is 5.97 Å². The fourth-order valence-corrected chi connectivity index (χ4v) is 1.99. The molecule has 1 aliphatic rings. The summed E-state index contributed by atoms with van der Waals surface area (Å²) in [7, 11) is 0. The van der Waals surface area contributed by atoms with Crippen LogP contribution in [0.4, 0.5) is 0 Å². The van der Waals surface area contributed by atoms with Gasteiger partial charge in [0.1, 0.15) is 6.10 Å². The molecule has 1 aliphatic heterocycles. The van der Waals surface area contributed by atoms with Crippen LogP contribution in [0.5, 0.6) is 0 Å². The monoisotopic (exact) mass is 212 g/mol. The van der Waals surface area contributed by atoms with Crippen molar-refractivity contribution >= 4 is 5.97 Å². The maximum Gasteiger partial charge on any atom is 0.314 e. The van der Waals surface area contributed by atoms with E-state index in [2.05, 4.69) is 0 Å². The minimum atomic E-state index is -0.802. The Labute approximate surface area is 91.1 Å². The first-order valence-electron chi connectivity index (χ1n) is 5.34. The summed E-state index contributed by atoms with van der Waals surface area (Å²) in [4.78, 5) is 11.7. The molecule has 0 saturated carbocycles. The van der Waals surface area contributed by atoms with Crippen molar-refractivity contribution < 1.29 is 14.6 Å². The lowest BCUT2D eigenvalue weighted by atomic mass is 9.74. The first-order valence-corrected chi connectivity index (χ1v) is 5.34. The van der Waals surface area contributed by atoms with E-state index in [1.807, 2.05) is 26.8 Å². The Morgan fingerprint density at radius 3 is 2.53 bits per heavy atom. The standard InChI is InChI=1S/C12H20O3/c1-6-7(2)9-8(3)10(13)12(4,5)11(14)15-9/h6,8-10,13H,1-5H3. The number of cyclic esters (lactones) is 1. The third-order valence-electron chi connectivity index (χ3n) is 3.38. The highest BCUT2D eigenvalue weighted by atomic mass is 16.6. The third kappa shape index (κ3) is 1.93. The summed E-state index contributed by atoms with van der Waals surface area (Å²) in [5, 5.41) is 10.1. The molecule has 0 aromatic carbocycles. The summed E-state index contributed by atoms with van der Waals surface area (Å²) in [5.74, 6) is -0.381. The van der Waals surface area contributed by atoms with E-state index in [1.54, 1.807) is 13.8 Å². The molecule has 3 nitrogen and oxygen atoms in total. The maximum atomic E-state index is 11.7. The fraction of sp³-hybridized carbons (Fsp3) is 0.750. The van der Waals surface area contributed by atoms with Gasteiger partial charge in [0.05, 0.1) is 11.5 Å². The van der Waals surface area contributed by atoms with Crippen LogP contribution < -0.4 is 0 Å². The predicted molar refractivity (Wildman–Crippen MR) is 58.3 cm³/mol. The second kappa shape index (κ2) is 3.97. The van der Waals surface area contributed by atoms with Gasteiger partial charge in [-0.25, -0.2) is 0 Å². The van der Waals surface area contributed by atoms with Crippen LogP contribution in [0.1, 0.15) is 34.6 Å². The largest absolute Gasteiger partial charge is 0.457 e. The molecule has 3 heteroatoms. The first kappa shape index (κ1) is 12.2. The quantitative estimate of drug-likeness (QED) is 0.533. The van der Waals surface area contributed by atoms with E-state index < -0.39 is 11.5 Å². The van der Waals surface area contributed by atoms with Gasteiger partial charge in [0.2, 0.25) is 0 Å². The zero-order chi connectivity index (χ0) is 11.8. The van der Waals surface area contributed by atoms with Crippen molar-refractivity contribution in [1.82, 2.24) is 0 Å². The number of allylic oxidation sites excluding steroid dienone is 1. The second-order valence-corrected chi connectivity index (χ2v) is 4.88. The number of carbonyl (C=O) groups excluding carboxylic acids is 1. The molecular formula is C12H20O3. The molecule has 0 radical (unpaired) electrons. The Morgan fingerprint density at radius 1 is 1.53 bits per heavy atom. The van der Waals surface area contributed by atoms with E-state index in [0.717, 1.165) is 5.57 Å². The van der Waals surface area contributed by atoms with Gasteiger partial charge in [-0.05, 0) is 33.3 Å². The molecule has 86 valence electrons. The number of esters is 1. The predicted octanol–water partition coefficient (Wildman–Crippen LogP) is 1.90. The van der Waals surface area contributed by atoms with Crippen LogP contribution in [0.2, 0.25) is 0 Å². The van der Waals surface area contributed by atoms with E-state index in [4.69, 9.17) is 4.74 Å². The van der Waals surface area contributed by atoms with Crippen LogP contribution in [0.15, 0.2) is 11.6 Å². The molecule has 1 heterocycles. The van der Waals surface area contributed by atoms with Crippen LogP contribution in [0.25, 0.3) is 0 Å². The number of ether oxygens (including phenoxy) is 1. The molecule has 0 amide bonds. The number of hydrogen-bond donors (Lipinski definition) is 1. The first-order chi connectivity index (χ1) is 6.82. The molecule has 0 bridgehead atoms. The van der Waals surface area contributed by atoms with Crippen LogP contribution in [-0.4, -0.2) is 23.3 Å². The molecule has 3 atom stereocenters. The number of rotatable bonds is 1. The van der Waals surface area contributed by atoms with Crippen molar-refractivity contribution in [1.29, 1.82) is 0 Å². The molecule has 0 spiro atoms. The van der Waals surface area contributed by atoms with Gasteiger partial charge in [-0.2, -0.15) is 0 Å².